The Morgan fingerprint density at radius 2 is 2.00 bits per heavy atom. The van der Waals surface area contributed by atoms with Gasteiger partial charge < -0.3 is 5.73 Å². The van der Waals surface area contributed by atoms with Crippen molar-refractivity contribution in [3.8, 4) is 0 Å². The molecule has 2 nitrogen and oxygen atoms in total. The fourth-order valence-electron chi connectivity index (χ4n) is 0.876. The third-order valence-electron chi connectivity index (χ3n) is 1.74. The molecule has 0 rings (SSSR count). The number of carbonyl (C=O) groups is 1. The summed E-state index contributed by atoms with van der Waals surface area (Å²) in [6.07, 6.45) is -4.83. The minimum Gasteiger partial charge on any atom is -0.322 e. The monoisotopic (exact) mass is 197 g/mol. The molecule has 0 fully saturated rings. The van der Waals surface area contributed by atoms with Crippen LogP contribution in [0.2, 0.25) is 0 Å². The molecule has 0 radical (unpaired) electrons. The quantitative estimate of drug-likeness (QED) is 0.732. The van der Waals surface area contributed by atoms with Crippen molar-refractivity contribution < 1.29 is 18.0 Å². The molecule has 0 amide bonds. The number of halogens is 3. The highest BCUT2D eigenvalue weighted by atomic mass is 19.4. The van der Waals surface area contributed by atoms with Crippen molar-refractivity contribution in [1.82, 2.24) is 0 Å². The number of ketones is 1. The highest BCUT2D eigenvalue weighted by Crippen LogP contribution is 2.22. The molecule has 0 heterocycles. The van der Waals surface area contributed by atoms with Gasteiger partial charge in [0, 0.05) is 12.8 Å². The molecule has 0 aromatic rings. The van der Waals surface area contributed by atoms with Crippen molar-refractivity contribution in [2.75, 3.05) is 0 Å². The number of alkyl halides is 3. The van der Waals surface area contributed by atoms with Crippen molar-refractivity contribution in [1.29, 1.82) is 0 Å². The summed E-state index contributed by atoms with van der Waals surface area (Å²) in [7, 11) is 0. The van der Waals surface area contributed by atoms with E-state index in [0.29, 0.717) is 6.42 Å². The van der Waals surface area contributed by atoms with Gasteiger partial charge in [0.2, 0.25) is 0 Å². The fourth-order valence-corrected chi connectivity index (χ4v) is 0.876. The van der Waals surface area contributed by atoms with Gasteiger partial charge in [0.05, 0.1) is 6.04 Å². The summed E-state index contributed by atoms with van der Waals surface area (Å²) in [6.45, 7) is 1.73. The average molecular weight is 197 g/mol. The van der Waals surface area contributed by atoms with Crippen LogP contribution >= 0.6 is 0 Å². The minimum absolute atomic E-state index is 0.0749. The second-order valence-corrected chi connectivity index (χ2v) is 2.95. The first-order valence-corrected chi connectivity index (χ1v) is 4.22. The first-order valence-electron chi connectivity index (χ1n) is 4.22. The highest BCUT2D eigenvalue weighted by molar-refractivity contribution is 5.83. The number of Topliss-reactive ketones (excluding diaryl/α,β-unsaturated/α-hetero) is 1. The summed E-state index contributed by atoms with van der Waals surface area (Å²) in [5, 5.41) is 0. The maximum atomic E-state index is 11.6. The van der Waals surface area contributed by atoms with Crippen molar-refractivity contribution in [2.45, 2.75) is 44.8 Å². The predicted octanol–water partition coefficient (Wildman–Crippen LogP) is 2.03. The third-order valence-corrected chi connectivity index (χ3v) is 1.74. The Balaban J connectivity index is 3.60. The topological polar surface area (TPSA) is 43.1 Å². The molecule has 0 spiro atoms. The van der Waals surface area contributed by atoms with Gasteiger partial charge in [0.25, 0.3) is 0 Å². The van der Waals surface area contributed by atoms with E-state index in [0.717, 1.165) is 0 Å². The SMILES string of the molecule is CCC(N)C(=O)CCCC(F)(F)F. The zero-order valence-electron chi connectivity index (χ0n) is 7.53. The summed E-state index contributed by atoms with van der Waals surface area (Å²) < 4.78 is 34.9. The van der Waals surface area contributed by atoms with E-state index in [1.807, 2.05) is 0 Å². The maximum Gasteiger partial charge on any atom is 0.389 e. The Morgan fingerprint density at radius 1 is 1.46 bits per heavy atom. The normalized spacial score (nSPS) is 14.2. The molecule has 0 aliphatic carbocycles. The van der Waals surface area contributed by atoms with Gasteiger partial charge in [-0.1, -0.05) is 6.92 Å². The van der Waals surface area contributed by atoms with Crippen LogP contribution in [0.5, 0.6) is 0 Å². The number of hydrogen-bond acceptors (Lipinski definition) is 2. The van der Waals surface area contributed by atoms with Crippen molar-refractivity contribution in [3.05, 3.63) is 0 Å². The van der Waals surface area contributed by atoms with Crippen LogP contribution in [-0.2, 0) is 4.79 Å². The summed E-state index contributed by atoms with van der Waals surface area (Å²) in [5.41, 5.74) is 5.34. The molecule has 0 saturated carbocycles. The van der Waals surface area contributed by atoms with Gasteiger partial charge in [0.1, 0.15) is 5.78 Å². The summed E-state index contributed by atoms with van der Waals surface area (Å²) in [6, 6.07) is -0.603. The van der Waals surface area contributed by atoms with Crippen LogP contribution in [0.3, 0.4) is 0 Å². The predicted molar refractivity (Wildman–Crippen MR) is 43.2 cm³/mol. The average Bonchev–Trinajstić information content (AvgIpc) is 2.00. The molecule has 0 saturated heterocycles. The van der Waals surface area contributed by atoms with Gasteiger partial charge in [-0.2, -0.15) is 13.2 Å². The van der Waals surface area contributed by atoms with E-state index < -0.39 is 18.6 Å². The van der Waals surface area contributed by atoms with Crippen molar-refractivity contribution in [2.24, 2.45) is 5.73 Å². The Bertz CT molecular complexity index is 167. The van der Waals surface area contributed by atoms with Gasteiger partial charge in [0.15, 0.2) is 0 Å². The van der Waals surface area contributed by atoms with E-state index in [9.17, 15) is 18.0 Å². The molecule has 5 heteroatoms. The van der Waals surface area contributed by atoms with Crippen LogP contribution in [-0.4, -0.2) is 18.0 Å². The largest absolute Gasteiger partial charge is 0.389 e. The van der Waals surface area contributed by atoms with Crippen LogP contribution in [0.1, 0.15) is 32.6 Å². The zero-order chi connectivity index (χ0) is 10.5. The third kappa shape index (κ3) is 6.57. The highest BCUT2D eigenvalue weighted by Gasteiger charge is 2.26. The molecule has 2 N–H and O–H groups in total. The Morgan fingerprint density at radius 3 is 2.38 bits per heavy atom. The Hall–Kier alpha value is -0.580. The van der Waals surface area contributed by atoms with E-state index in [1.165, 1.54) is 0 Å². The molecule has 0 bridgehead atoms. The first-order chi connectivity index (χ1) is 5.87. The second-order valence-electron chi connectivity index (χ2n) is 2.95. The molecule has 0 aromatic carbocycles. The molecular weight excluding hydrogens is 183 g/mol. The number of carbonyl (C=O) groups excluding carboxylic acids is 1. The van der Waals surface area contributed by atoms with Gasteiger partial charge in [-0.05, 0) is 12.8 Å². The van der Waals surface area contributed by atoms with Crippen LogP contribution < -0.4 is 5.73 Å². The fraction of sp³-hybridized carbons (Fsp3) is 0.875. The van der Waals surface area contributed by atoms with E-state index in [1.54, 1.807) is 6.92 Å². The maximum absolute atomic E-state index is 11.6. The molecule has 78 valence electrons. The zero-order valence-corrected chi connectivity index (χ0v) is 7.53. The van der Waals surface area contributed by atoms with Gasteiger partial charge in [-0.15, -0.1) is 0 Å². The second kappa shape index (κ2) is 5.21. The molecular formula is C8H14F3NO. The molecule has 13 heavy (non-hydrogen) atoms. The summed E-state index contributed by atoms with van der Waals surface area (Å²) in [4.78, 5) is 11.0. The standard InChI is InChI=1S/C8H14F3NO/c1-2-6(12)7(13)4-3-5-8(9,10)11/h6H,2-5,12H2,1H3. The number of hydrogen-bond donors (Lipinski definition) is 1. The van der Waals surface area contributed by atoms with E-state index in [2.05, 4.69) is 0 Å². The Labute approximate surface area is 75.3 Å². The number of nitrogens with two attached hydrogens (primary N) is 1. The van der Waals surface area contributed by atoms with Crippen LogP contribution in [0.4, 0.5) is 13.2 Å². The van der Waals surface area contributed by atoms with E-state index >= 15 is 0 Å². The van der Waals surface area contributed by atoms with E-state index in [4.69, 9.17) is 5.73 Å². The van der Waals surface area contributed by atoms with Crippen LogP contribution in [0.15, 0.2) is 0 Å². The first kappa shape index (κ1) is 12.4. The van der Waals surface area contributed by atoms with Crippen molar-refractivity contribution >= 4 is 5.78 Å². The molecule has 0 aliphatic heterocycles. The van der Waals surface area contributed by atoms with Crippen LogP contribution in [0.25, 0.3) is 0 Å². The van der Waals surface area contributed by atoms with Gasteiger partial charge >= 0.3 is 6.18 Å². The lowest BCUT2D eigenvalue weighted by molar-refractivity contribution is -0.137. The molecule has 1 unspecified atom stereocenters. The summed E-state index contributed by atoms with van der Waals surface area (Å²) >= 11 is 0. The molecule has 0 aromatic heterocycles. The summed E-state index contributed by atoms with van der Waals surface area (Å²) in [5.74, 6) is -0.285. The molecule has 0 aliphatic rings. The van der Waals surface area contributed by atoms with Gasteiger partial charge in [-0.25, -0.2) is 0 Å². The van der Waals surface area contributed by atoms with Crippen molar-refractivity contribution in [3.63, 3.8) is 0 Å². The minimum atomic E-state index is -4.17. The molecule has 1 atom stereocenters. The number of rotatable bonds is 5. The van der Waals surface area contributed by atoms with Crippen LogP contribution in [0, 0.1) is 0 Å². The van der Waals surface area contributed by atoms with Gasteiger partial charge in [-0.3, -0.25) is 4.79 Å². The van der Waals surface area contributed by atoms with E-state index in [-0.39, 0.29) is 18.6 Å². The smallest absolute Gasteiger partial charge is 0.322 e. The lowest BCUT2D eigenvalue weighted by Gasteiger charge is -2.08. The lowest BCUT2D eigenvalue weighted by atomic mass is 10.1. The Kier molecular flexibility index (Phi) is 4.98. The lowest BCUT2D eigenvalue weighted by Crippen LogP contribution is -2.29.